The smallest absolute Gasteiger partial charge is 0.110 e. The molecule has 2 heterocycles. The number of furan rings is 1. The highest BCUT2D eigenvalue weighted by molar-refractivity contribution is 5.36. The molecule has 1 saturated heterocycles. The van der Waals surface area contributed by atoms with Crippen molar-refractivity contribution >= 4 is 0 Å². The summed E-state index contributed by atoms with van der Waals surface area (Å²) in [4.78, 5) is 0. The highest BCUT2D eigenvalue weighted by Crippen LogP contribution is 2.62. The normalized spacial score (nSPS) is 43.3. The van der Waals surface area contributed by atoms with E-state index >= 15 is 0 Å². The van der Waals surface area contributed by atoms with Crippen LogP contribution in [-0.4, -0.2) is 6.61 Å². The summed E-state index contributed by atoms with van der Waals surface area (Å²) in [5.41, 5.74) is 3.05. The molecule has 1 aliphatic heterocycles. The lowest BCUT2D eigenvalue weighted by atomic mass is 9.55. The molecule has 2 nitrogen and oxygen atoms in total. The first-order chi connectivity index (χ1) is 8.21. The molecule has 4 atom stereocenters. The molecule has 2 aliphatic carbocycles. The first-order valence-electron chi connectivity index (χ1n) is 6.89. The molecule has 2 fully saturated rings. The van der Waals surface area contributed by atoms with Crippen molar-refractivity contribution in [1.82, 2.24) is 0 Å². The quantitative estimate of drug-likeness (QED) is 0.681. The van der Waals surface area contributed by atoms with Gasteiger partial charge in [0.15, 0.2) is 0 Å². The van der Waals surface area contributed by atoms with E-state index in [4.69, 9.17) is 9.15 Å². The fraction of sp³-hybridized carbons (Fsp3) is 0.733. The zero-order chi connectivity index (χ0) is 11.6. The van der Waals surface area contributed by atoms with E-state index in [2.05, 4.69) is 13.8 Å². The van der Waals surface area contributed by atoms with Crippen LogP contribution in [0.25, 0.3) is 0 Å². The van der Waals surface area contributed by atoms with Crippen LogP contribution in [0.2, 0.25) is 0 Å². The van der Waals surface area contributed by atoms with Crippen LogP contribution in [-0.2, 0) is 11.2 Å². The molecule has 0 radical (unpaired) electrons. The van der Waals surface area contributed by atoms with E-state index in [1.807, 2.05) is 6.26 Å². The zero-order valence-corrected chi connectivity index (χ0v) is 10.7. The molecule has 0 aromatic carbocycles. The fourth-order valence-corrected chi connectivity index (χ4v) is 4.61. The minimum absolute atomic E-state index is 0.306. The van der Waals surface area contributed by atoms with Gasteiger partial charge < -0.3 is 9.15 Å². The first kappa shape index (κ1) is 10.2. The van der Waals surface area contributed by atoms with Gasteiger partial charge in [-0.15, -0.1) is 0 Å². The molecule has 0 amide bonds. The molecule has 0 N–H and O–H groups in total. The summed E-state index contributed by atoms with van der Waals surface area (Å²) in [5, 5.41) is 0. The fourth-order valence-electron chi connectivity index (χ4n) is 4.61. The summed E-state index contributed by atoms with van der Waals surface area (Å²) in [6, 6.07) is 0. The second kappa shape index (κ2) is 3.17. The van der Waals surface area contributed by atoms with E-state index in [1.165, 1.54) is 36.1 Å². The van der Waals surface area contributed by atoms with Gasteiger partial charge in [0, 0.05) is 17.4 Å². The molecular formula is C15H20O2. The summed E-state index contributed by atoms with van der Waals surface area (Å²) in [7, 11) is 0. The molecule has 0 spiro atoms. The molecule has 1 aromatic rings. The molecule has 2 heteroatoms. The van der Waals surface area contributed by atoms with Gasteiger partial charge in [-0.1, -0.05) is 13.3 Å². The maximum Gasteiger partial charge on any atom is 0.110 e. The number of fused-ring (bicyclic) bond motifs is 2. The highest BCUT2D eigenvalue weighted by Gasteiger charge is 2.58. The summed E-state index contributed by atoms with van der Waals surface area (Å²) >= 11 is 0. The van der Waals surface area contributed by atoms with E-state index in [0.717, 1.165) is 24.9 Å². The van der Waals surface area contributed by atoms with Crippen molar-refractivity contribution in [1.29, 1.82) is 0 Å². The van der Waals surface area contributed by atoms with Crippen molar-refractivity contribution in [2.45, 2.75) is 45.6 Å². The van der Waals surface area contributed by atoms with Gasteiger partial charge in [0.2, 0.25) is 0 Å². The van der Waals surface area contributed by atoms with E-state index in [1.54, 1.807) is 0 Å². The molecule has 1 aromatic heterocycles. The van der Waals surface area contributed by atoms with Crippen LogP contribution in [0.5, 0.6) is 0 Å². The molecular weight excluding hydrogens is 212 g/mol. The standard InChI is InChI=1S/C15H20O2/c1-9-7-16-12-6-10-4-3-5-11-8-17-14(13(9)12)15(10,11)2/h7,10-11,14H,3-6,8H2,1-2H3. The van der Waals surface area contributed by atoms with Crippen molar-refractivity contribution in [3.8, 4) is 0 Å². The average Bonchev–Trinajstić information content (AvgIpc) is 2.82. The van der Waals surface area contributed by atoms with E-state index < -0.39 is 0 Å². The van der Waals surface area contributed by atoms with Crippen molar-refractivity contribution in [3.63, 3.8) is 0 Å². The molecule has 4 rings (SSSR count). The number of rotatable bonds is 0. The predicted octanol–water partition coefficient (Wildman–Crippen LogP) is 3.64. The van der Waals surface area contributed by atoms with Crippen molar-refractivity contribution in [3.05, 3.63) is 23.2 Å². The Morgan fingerprint density at radius 1 is 1.29 bits per heavy atom. The molecule has 17 heavy (non-hydrogen) atoms. The van der Waals surface area contributed by atoms with Crippen LogP contribution in [0.1, 0.15) is 49.2 Å². The molecule has 3 aliphatic rings. The van der Waals surface area contributed by atoms with Crippen LogP contribution in [0, 0.1) is 24.2 Å². The number of aryl methyl sites for hydroxylation is 1. The molecule has 0 bridgehead atoms. The zero-order valence-electron chi connectivity index (χ0n) is 10.7. The minimum Gasteiger partial charge on any atom is -0.469 e. The van der Waals surface area contributed by atoms with Crippen molar-refractivity contribution in [2.75, 3.05) is 6.61 Å². The van der Waals surface area contributed by atoms with Gasteiger partial charge in [0.05, 0.1) is 19.0 Å². The van der Waals surface area contributed by atoms with Crippen molar-refractivity contribution < 1.29 is 9.15 Å². The third-order valence-corrected chi connectivity index (χ3v) is 5.69. The second-order valence-electron chi connectivity index (χ2n) is 6.36. The van der Waals surface area contributed by atoms with Gasteiger partial charge in [0.1, 0.15) is 5.76 Å². The van der Waals surface area contributed by atoms with Gasteiger partial charge in [-0.25, -0.2) is 0 Å². The Hall–Kier alpha value is -0.760. The Morgan fingerprint density at radius 2 is 2.12 bits per heavy atom. The lowest BCUT2D eigenvalue weighted by Crippen LogP contribution is -2.43. The van der Waals surface area contributed by atoms with E-state index in [-0.39, 0.29) is 0 Å². The highest BCUT2D eigenvalue weighted by atomic mass is 16.5. The number of ether oxygens (including phenoxy) is 1. The van der Waals surface area contributed by atoms with Crippen LogP contribution in [0.3, 0.4) is 0 Å². The van der Waals surface area contributed by atoms with E-state index in [9.17, 15) is 0 Å². The Kier molecular flexibility index (Phi) is 1.90. The van der Waals surface area contributed by atoms with Crippen LogP contribution in [0.15, 0.2) is 10.7 Å². The van der Waals surface area contributed by atoms with Gasteiger partial charge in [-0.3, -0.25) is 0 Å². The van der Waals surface area contributed by atoms with E-state index in [0.29, 0.717) is 11.5 Å². The third kappa shape index (κ3) is 1.10. The second-order valence-corrected chi connectivity index (χ2v) is 6.36. The van der Waals surface area contributed by atoms with Crippen molar-refractivity contribution in [2.24, 2.45) is 17.3 Å². The van der Waals surface area contributed by atoms with Gasteiger partial charge >= 0.3 is 0 Å². The lowest BCUT2D eigenvalue weighted by Gasteiger charge is -2.48. The Balaban J connectivity index is 1.89. The number of hydrogen-bond acceptors (Lipinski definition) is 2. The van der Waals surface area contributed by atoms with Crippen LogP contribution >= 0.6 is 0 Å². The third-order valence-electron chi connectivity index (χ3n) is 5.69. The largest absolute Gasteiger partial charge is 0.469 e. The summed E-state index contributed by atoms with van der Waals surface area (Å²) in [5.74, 6) is 2.75. The summed E-state index contributed by atoms with van der Waals surface area (Å²) in [6.07, 6.45) is 7.44. The van der Waals surface area contributed by atoms with Gasteiger partial charge in [-0.2, -0.15) is 0 Å². The minimum atomic E-state index is 0.306. The number of hydrogen-bond donors (Lipinski definition) is 0. The Bertz CT molecular complexity index is 461. The Labute approximate surface area is 102 Å². The van der Waals surface area contributed by atoms with Gasteiger partial charge in [0.25, 0.3) is 0 Å². The summed E-state index contributed by atoms with van der Waals surface area (Å²) < 4.78 is 11.9. The van der Waals surface area contributed by atoms with Crippen LogP contribution in [0.4, 0.5) is 0 Å². The maximum absolute atomic E-state index is 6.18. The molecule has 1 saturated carbocycles. The van der Waals surface area contributed by atoms with Gasteiger partial charge in [-0.05, 0) is 37.2 Å². The Morgan fingerprint density at radius 3 is 3.00 bits per heavy atom. The topological polar surface area (TPSA) is 22.4 Å². The first-order valence-corrected chi connectivity index (χ1v) is 6.89. The lowest BCUT2D eigenvalue weighted by molar-refractivity contribution is -0.0155. The molecule has 4 unspecified atom stereocenters. The van der Waals surface area contributed by atoms with Crippen LogP contribution < -0.4 is 0 Å². The predicted molar refractivity (Wildman–Crippen MR) is 64.8 cm³/mol. The summed E-state index contributed by atoms with van der Waals surface area (Å²) in [6.45, 7) is 5.59. The SMILES string of the molecule is Cc1coc2c1C1OCC3CCCC(C2)C31C. The monoisotopic (exact) mass is 232 g/mol. The average molecular weight is 232 g/mol. The maximum atomic E-state index is 6.18. The molecule has 92 valence electrons.